The molecule has 0 aliphatic rings. The first-order valence-corrected chi connectivity index (χ1v) is 8.48. The maximum absolute atomic E-state index is 12.3. The van der Waals surface area contributed by atoms with Gasteiger partial charge in [0, 0.05) is 6.04 Å². The van der Waals surface area contributed by atoms with Crippen LogP contribution >= 0.6 is 11.3 Å². The Bertz CT molecular complexity index is 480. The molecule has 1 aromatic heterocycles. The summed E-state index contributed by atoms with van der Waals surface area (Å²) in [5.41, 5.74) is 0.694. The molecule has 0 spiro atoms. The summed E-state index contributed by atoms with van der Waals surface area (Å²) in [6.07, 6.45) is 2.87. The number of nitrogens with one attached hydrogen (secondary N) is 1. The molecule has 18 heavy (non-hydrogen) atoms. The van der Waals surface area contributed by atoms with Gasteiger partial charge in [-0.3, -0.25) is 0 Å². The van der Waals surface area contributed by atoms with Crippen LogP contribution in [0, 0.1) is 6.92 Å². The van der Waals surface area contributed by atoms with Crippen LogP contribution in [-0.2, 0) is 16.6 Å². The predicted octanol–water partition coefficient (Wildman–Crippen LogP) is 2.41. The van der Waals surface area contributed by atoms with Gasteiger partial charge < -0.3 is 5.11 Å². The third-order valence-electron chi connectivity index (χ3n) is 2.75. The fraction of sp³-hybridized carbons (Fsp3) is 0.667. The number of rotatable bonds is 7. The highest BCUT2D eigenvalue weighted by atomic mass is 32.2. The summed E-state index contributed by atoms with van der Waals surface area (Å²) in [5.74, 6) is 0. The van der Waals surface area contributed by atoms with Crippen molar-refractivity contribution in [2.45, 2.75) is 57.6 Å². The highest BCUT2D eigenvalue weighted by Gasteiger charge is 2.24. The first-order valence-electron chi connectivity index (χ1n) is 6.12. The Balaban J connectivity index is 2.89. The van der Waals surface area contributed by atoms with Crippen molar-refractivity contribution in [1.29, 1.82) is 0 Å². The molecule has 104 valence electrons. The third-order valence-corrected chi connectivity index (χ3v) is 5.79. The Morgan fingerprint density at radius 2 is 2.17 bits per heavy atom. The van der Waals surface area contributed by atoms with E-state index in [0.29, 0.717) is 10.4 Å². The fourth-order valence-electron chi connectivity index (χ4n) is 1.85. The largest absolute Gasteiger partial charge is 0.391 e. The second-order valence-electron chi connectivity index (χ2n) is 4.49. The van der Waals surface area contributed by atoms with Crippen LogP contribution in [0.4, 0.5) is 0 Å². The monoisotopic (exact) mass is 291 g/mol. The van der Waals surface area contributed by atoms with Crippen molar-refractivity contribution in [3.63, 3.8) is 0 Å². The number of thiophene rings is 1. The standard InChI is InChI=1S/C12H21NO3S2/c1-4-5-6-10(3)13-18(15,16)12-9(2)8-17-11(12)7-14/h8,10,13-14H,4-7H2,1-3H3. The Kier molecular flexibility index (Phi) is 5.78. The highest BCUT2D eigenvalue weighted by molar-refractivity contribution is 7.89. The van der Waals surface area contributed by atoms with Crippen LogP contribution in [0.1, 0.15) is 43.6 Å². The van der Waals surface area contributed by atoms with E-state index in [1.54, 1.807) is 12.3 Å². The normalized spacial score (nSPS) is 13.8. The van der Waals surface area contributed by atoms with Gasteiger partial charge in [-0.25, -0.2) is 13.1 Å². The van der Waals surface area contributed by atoms with Crippen LogP contribution in [0.2, 0.25) is 0 Å². The first-order chi connectivity index (χ1) is 8.42. The van der Waals surface area contributed by atoms with Crippen molar-refractivity contribution in [1.82, 2.24) is 4.72 Å². The molecule has 0 bridgehead atoms. The Morgan fingerprint density at radius 1 is 1.50 bits per heavy atom. The smallest absolute Gasteiger partial charge is 0.242 e. The van der Waals surface area contributed by atoms with Gasteiger partial charge in [-0.2, -0.15) is 0 Å². The molecule has 4 nitrogen and oxygen atoms in total. The number of sulfonamides is 1. The van der Waals surface area contributed by atoms with Crippen LogP contribution in [0.5, 0.6) is 0 Å². The zero-order valence-electron chi connectivity index (χ0n) is 11.1. The summed E-state index contributed by atoms with van der Waals surface area (Å²) in [6.45, 7) is 5.46. The Morgan fingerprint density at radius 3 is 2.72 bits per heavy atom. The number of hydrogen-bond acceptors (Lipinski definition) is 4. The van der Waals surface area contributed by atoms with E-state index < -0.39 is 10.0 Å². The lowest BCUT2D eigenvalue weighted by atomic mass is 10.2. The van der Waals surface area contributed by atoms with Crippen molar-refractivity contribution in [3.05, 3.63) is 15.8 Å². The van der Waals surface area contributed by atoms with E-state index in [2.05, 4.69) is 11.6 Å². The first kappa shape index (κ1) is 15.6. The molecule has 0 aliphatic carbocycles. The summed E-state index contributed by atoms with van der Waals surface area (Å²) < 4.78 is 27.2. The molecule has 0 saturated carbocycles. The summed E-state index contributed by atoms with van der Waals surface area (Å²) >= 11 is 1.28. The number of aryl methyl sites for hydroxylation is 1. The number of aliphatic hydroxyl groups excluding tert-OH is 1. The van der Waals surface area contributed by atoms with Crippen LogP contribution < -0.4 is 4.72 Å². The van der Waals surface area contributed by atoms with Crippen LogP contribution in [0.3, 0.4) is 0 Å². The Labute approximate surface area is 113 Å². The van der Waals surface area contributed by atoms with Crippen molar-refractivity contribution in [2.75, 3.05) is 0 Å². The molecular formula is C12H21NO3S2. The van der Waals surface area contributed by atoms with E-state index in [1.165, 1.54) is 11.3 Å². The van der Waals surface area contributed by atoms with E-state index in [-0.39, 0.29) is 17.5 Å². The minimum absolute atomic E-state index is 0.0826. The van der Waals surface area contributed by atoms with Gasteiger partial charge in [-0.1, -0.05) is 19.8 Å². The van der Waals surface area contributed by atoms with E-state index in [0.717, 1.165) is 19.3 Å². The quantitative estimate of drug-likeness (QED) is 0.810. The third kappa shape index (κ3) is 3.78. The fourth-order valence-corrected chi connectivity index (χ4v) is 4.79. The molecule has 1 unspecified atom stereocenters. The van der Waals surface area contributed by atoms with Gasteiger partial charge in [-0.05, 0) is 31.2 Å². The Hall–Kier alpha value is -0.430. The topological polar surface area (TPSA) is 66.4 Å². The average molecular weight is 291 g/mol. The van der Waals surface area contributed by atoms with Crippen LogP contribution in [0.25, 0.3) is 0 Å². The van der Waals surface area contributed by atoms with Gasteiger partial charge in [-0.15, -0.1) is 11.3 Å². The summed E-state index contributed by atoms with van der Waals surface area (Å²) in [7, 11) is -3.52. The van der Waals surface area contributed by atoms with Gasteiger partial charge in [0.2, 0.25) is 10.0 Å². The average Bonchev–Trinajstić information content (AvgIpc) is 2.67. The van der Waals surface area contributed by atoms with E-state index in [9.17, 15) is 13.5 Å². The van der Waals surface area contributed by atoms with Gasteiger partial charge in [0.05, 0.1) is 11.5 Å². The molecule has 0 radical (unpaired) electrons. The summed E-state index contributed by atoms with van der Waals surface area (Å²) in [4.78, 5) is 0.751. The van der Waals surface area contributed by atoms with Crippen LogP contribution in [-0.4, -0.2) is 19.6 Å². The zero-order valence-corrected chi connectivity index (χ0v) is 12.7. The van der Waals surface area contributed by atoms with Crippen molar-refractivity contribution in [2.24, 2.45) is 0 Å². The molecule has 1 atom stereocenters. The molecular weight excluding hydrogens is 270 g/mol. The second-order valence-corrected chi connectivity index (χ2v) is 7.11. The van der Waals surface area contributed by atoms with Gasteiger partial charge in [0.15, 0.2) is 0 Å². The summed E-state index contributed by atoms with van der Waals surface area (Å²) in [5, 5.41) is 10.9. The van der Waals surface area contributed by atoms with E-state index in [1.807, 2.05) is 6.92 Å². The molecule has 1 rings (SSSR count). The summed E-state index contributed by atoms with van der Waals surface area (Å²) in [6, 6.07) is -0.0826. The molecule has 0 aromatic carbocycles. The van der Waals surface area contributed by atoms with Gasteiger partial charge >= 0.3 is 0 Å². The molecule has 2 N–H and O–H groups in total. The zero-order chi connectivity index (χ0) is 13.8. The SMILES string of the molecule is CCCCC(C)NS(=O)(=O)c1c(C)csc1CO. The molecule has 0 saturated heterocycles. The molecule has 1 heterocycles. The molecule has 0 fully saturated rings. The molecule has 0 aliphatic heterocycles. The van der Waals surface area contributed by atoms with E-state index in [4.69, 9.17) is 0 Å². The maximum atomic E-state index is 12.3. The minimum Gasteiger partial charge on any atom is -0.391 e. The van der Waals surface area contributed by atoms with Gasteiger partial charge in [0.25, 0.3) is 0 Å². The minimum atomic E-state index is -3.52. The predicted molar refractivity (Wildman–Crippen MR) is 74.3 cm³/mol. The molecule has 6 heteroatoms. The van der Waals surface area contributed by atoms with Crippen molar-refractivity contribution < 1.29 is 13.5 Å². The molecule has 1 aromatic rings. The van der Waals surface area contributed by atoms with Crippen molar-refractivity contribution >= 4 is 21.4 Å². The van der Waals surface area contributed by atoms with Crippen LogP contribution in [0.15, 0.2) is 10.3 Å². The molecule has 0 amide bonds. The van der Waals surface area contributed by atoms with Gasteiger partial charge in [0.1, 0.15) is 4.90 Å². The van der Waals surface area contributed by atoms with E-state index >= 15 is 0 Å². The lowest BCUT2D eigenvalue weighted by molar-refractivity contribution is 0.282. The number of hydrogen-bond donors (Lipinski definition) is 2. The number of aliphatic hydroxyl groups is 1. The van der Waals surface area contributed by atoms with Crippen molar-refractivity contribution in [3.8, 4) is 0 Å². The maximum Gasteiger partial charge on any atom is 0.242 e. The number of unbranched alkanes of at least 4 members (excludes halogenated alkanes) is 1. The lowest BCUT2D eigenvalue weighted by Crippen LogP contribution is -2.33. The highest BCUT2D eigenvalue weighted by Crippen LogP contribution is 2.27. The second kappa shape index (κ2) is 6.65. The lowest BCUT2D eigenvalue weighted by Gasteiger charge is -2.14.